The smallest absolute Gasteiger partial charge is 0.237 e. The van der Waals surface area contributed by atoms with Crippen molar-refractivity contribution in [1.82, 2.24) is 15.2 Å². The molecule has 1 amide bonds. The summed E-state index contributed by atoms with van der Waals surface area (Å²) in [7, 11) is 2.02. The predicted molar refractivity (Wildman–Crippen MR) is 87.6 cm³/mol. The molecule has 5 nitrogen and oxygen atoms in total. The molecular weight excluding hydrogens is 278 g/mol. The first-order valence-electron chi connectivity index (χ1n) is 8.21. The molecule has 2 N–H and O–H groups in total. The van der Waals surface area contributed by atoms with E-state index in [-0.39, 0.29) is 17.9 Å². The lowest BCUT2D eigenvalue weighted by atomic mass is 10.00. The zero-order valence-electron chi connectivity index (χ0n) is 14.2. The van der Waals surface area contributed by atoms with Crippen LogP contribution in [-0.2, 0) is 23.1 Å². The Bertz CT molecular complexity index is 490. The summed E-state index contributed by atoms with van der Waals surface area (Å²) in [6.07, 6.45) is 1.96. The van der Waals surface area contributed by atoms with Gasteiger partial charge in [-0.1, -0.05) is 13.8 Å². The second kappa shape index (κ2) is 7.79. The number of hydrogen-bond donors (Lipinski definition) is 2. The molecule has 5 heteroatoms. The molecule has 0 unspecified atom stereocenters. The van der Waals surface area contributed by atoms with E-state index in [1.165, 1.54) is 5.69 Å². The van der Waals surface area contributed by atoms with Gasteiger partial charge in [0.25, 0.3) is 0 Å². The van der Waals surface area contributed by atoms with Crippen LogP contribution in [0.15, 0.2) is 12.1 Å². The van der Waals surface area contributed by atoms with E-state index in [9.17, 15) is 4.79 Å². The molecule has 1 atom stereocenters. The molecule has 0 aromatic carbocycles. The van der Waals surface area contributed by atoms with Crippen LogP contribution in [0.1, 0.15) is 38.1 Å². The number of aryl methyl sites for hydroxylation is 1. The van der Waals surface area contributed by atoms with Crippen LogP contribution in [0.4, 0.5) is 0 Å². The van der Waals surface area contributed by atoms with E-state index in [1.54, 1.807) is 0 Å². The molecule has 22 heavy (non-hydrogen) atoms. The molecule has 0 saturated carbocycles. The van der Waals surface area contributed by atoms with Gasteiger partial charge >= 0.3 is 0 Å². The lowest BCUT2D eigenvalue weighted by molar-refractivity contribution is -0.124. The third kappa shape index (κ3) is 4.34. The van der Waals surface area contributed by atoms with Crippen molar-refractivity contribution in [1.29, 1.82) is 0 Å². The van der Waals surface area contributed by atoms with Crippen molar-refractivity contribution in [3.8, 4) is 0 Å². The molecule has 2 heterocycles. The zero-order valence-corrected chi connectivity index (χ0v) is 14.2. The Labute approximate surface area is 133 Å². The lowest BCUT2D eigenvalue weighted by Gasteiger charge is -2.30. The van der Waals surface area contributed by atoms with E-state index in [0.29, 0.717) is 12.6 Å². The predicted octanol–water partition coefficient (Wildman–Crippen LogP) is 1.74. The lowest BCUT2D eigenvalue weighted by Crippen LogP contribution is -2.52. The second-order valence-electron chi connectivity index (χ2n) is 6.52. The molecule has 0 aliphatic carbocycles. The fourth-order valence-corrected chi connectivity index (χ4v) is 2.82. The van der Waals surface area contributed by atoms with Crippen LogP contribution >= 0.6 is 0 Å². The Kier molecular flexibility index (Phi) is 6.03. The molecule has 124 valence electrons. The fourth-order valence-electron chi connectivity index (χ4n) is 2.82. The first kappa shape index (κ1) is 17.0. The van der Waals surface area contributed by atoms with E-state index >= 15 is 0 Å². The molecule has 1 aliphatic rings. The van der Waals surface area contributed by atoms with Gasteiger partial charge in [0.1, 0.15) is 0 Å². The Morgan fingerprint density at radius 1 is 1.36 bits per heavy atom. The highest BCUT2D eigenvalue weighted by molar-refractivity contribution is 5.82. The van der Waals surface area contributed by atoms with Gasteiger partial charge in [-0.25, -0.2) is 0 Å². The maximum Gasteiger partial charge on any atom is 0.237 e. The average molecular weight is 307 g/mol. The topological polar surface area (TPSA) is 55.3 Å². The number of carbonyl (C=O) groups is 1. The number of nitrogens with one attached hydrogen (secondary N) is 2. The second-order valence-corrected chi connectivity index (χ2v) is 6.52. The van der Waals surface area contributed by atoms with Crippen LogP contribution in [0, 0.1) is 12.8 Å². The highest BCUT2D eigenvalue weighted by Gasteiger charge is 2.26. The van der Waals surface area contributed by atoms with Crippen LogP contribution in [-0.4, -0.2) is 35.8 Å². The van der Waals surface area contributed by atoms with Gasteiger partial charge in [-0.15, -0.1) is 0 Å². The molecule has 1 aromatic rings. The highest BCUT2D eigenvalue weighted by Crippen LogP contribution is 2.11. The maximum atomic E-state index is 12.5. The van der Waals surface area contributed by atoms with Crippen molar-refractivity contribution in [2.24, 2.45) is 13.0 Å². The van der Waals surface area contributed by atoms with Crippen LogP contribution in [0.5, 0.6) is 0 Å². The fraction of sp³-hybridized carbons (Fsp3) is 0.706. The number of amides is 1. The van der Waals surface area contributed by atoms with Crippen LogP contribution < -0.4 is 10.6 Å². The SMILES string of the molecule is Cc1ccc(CNC(=O)[C@@H](NC2CCOCC2)C(C)C)n1C. The van der Waals surface area contributed by atoms with Gasteiger partial charge in [0, 0.05) is 37.7 Å². The van der Waals surface area contributed by atoms with Crippen molar-refractivity contribution in [2.45, 2.75) is 52.2 Å². The maximum absolute atomic E-state index is 12.5. The minimum Gasteiger partial charge on any atom is -0.381 e. The summed E-state index contributed by atoms with van der Waals surface area (Å²) in [6.45, 7) is 8.38. The largest absolute Gasteiger partial charge is 0.381 e. The van der Waals surface area contributed by atoms with Crippen LogP contribution in [0.25, 0.3) is 0 Å². The summed E-state index contributed by atoms with van der Waals surface area (Å²) in [6, 6.07) is 4.36. The van der Waals surface area contributed by atoms with E-state index in [0.717, 1.165) is 31.7 Å². The molecule has 1 fully saturated rings. The van der Waals surface area contributed by atoms with Crippen LogP contribution in [0.3, 0.4) is 0 Å². The number of carbonyl (C=O) groups excluding carboxylic acids is 1. The van der Waals surface area contributed by atoms with Gasteiger partial charge < -0.3 is 19.9 Å². The number of rotatable bonds is 6. The summed E-state index contributed by atoms with van der Waals surface area (Å²) >= 11 is 0. The van der Waals surface area contributed by atoms with Crippen LogP contribution in [0.2, 0.25) is 0 Å². The van der Waals surface area contributed by atoms with Gasteiger partial charge in [0.15, 0.2) is 0 Å². The van der Waals surface area contributed by atoms with E-state index in [4.69, 9.17) is 4.74 Å². The summed E-state index contributed by atoms with van der Waals surface area (Å²) in [5, 5.41) is 6.58. The molecule has 1 aromatic heterocycles. The van der Waals surface area contributed by atoms with Gasteiger partial charge in [-0.05, 0) is 37.8 Å². The molecule has 0 radical (unpaired) electrons. The molecule has 1 aliphatic heterocycles. The summed E-state index contributed by atoms with van der Waals surface area (Å²) in [5.74, 6) is 0.346. The molecule has 0 bridgehead atoms. The van der Waals surface area contributed by atoms with Crippen molar-refractivity contribution < 1.29 is 9.53 Å². The Morgan fingerprint density at radius 3 is 2.59 bits per heavy atom. The standard InChI is InChI=1S/C17H29N3O2/c1-12(2)16(19-14-7-9-22-10-8-14)17(21)18-11-15-6-5-13(3)20(15)4/h5-6,12,14,16,19H,7-11H2,1-4H3,(H,18,21)/t16-/m0/s1. The van der Waals surface area contributed by atoms with Crippen molar-refractivity contribution in [2.75, 3.05) is 13.2 Å². The van der Waals surface area contributed by atoms with E-state index < -0.39 is 0 Å². The minimum atomic E-state index is -0.149. The third-order valence-electron chi connectivity index (χ3n) is 4.51. The Hall–Kier alpha value is -1.33. The molecule has 0 spiro atoms. The highest BCUT2D eigenvalue weighted by atomic mass is 16.5. The van der Waals surface area contributed by atoms with Crippen molar-refractivity contribution >= 4 is 5.91 Å². The zero-order chi connectivity index (χ0) is 16.1. The molecule has 1 saturated heterocycles. The quantitative estimate of drug-likeness (QED) is 0.842. The minimum absolute atomic E-state index is 0.0837. The third-order valence-corrected chi connectivity index (χ3v) is 4.51. The average Bonchev–Trinajstić information content (AvgIpc) is 2.82. The first-order valence-corrected chi connectivity index (χ1v) is 8.21. The van der Waals surface area contributed by atoms with Crippen molar-refractivity contribution in [3.05, 3.63) is 23.5 Å². The summed E-state index contributed by atoms with van der Waals surface area (Å²) in [5.41, 5.74) is 2.32. The molecular formula is C17H29N3O2. The van der Waals surface area contributed by atoms with Gasteiger partial charge in [0.05, 0.1) is 12.6 Å². The number of ether oxygens (including phenoxy) is 1. The summed E-state index contributed by atoms with van der Waals surface area (Å²) in [4.78, 5) is 12.5. The normalized spacial score (nSPS) is 17.7. The first-order chi connectivity index (χ1) is 10.5. The Morgan fingerprint density at radius 2 is 2.05 bits per heavy atom. The monoisotopic (exact) mass is 307 g/mol. The van der Waals surface area contributed by atoms with Gasteiger partial charge in [-0.3, -0.25) is 4.79 Å². The van der Waals surface area contributed by atoms with Gasteiger partial charge in [0.2, 0.25) is 5.91 Å². The number of nitrogens with zero attached hydrogens (tertiary/aromatic N) is 1. The van der Waals surface area contributed by atoms with E-state index in [1.807, 2.05) is 7.05 Å². The van der Waals surface area contributed by atoms with Gasteiger partial charge in [-0.2, -0.15) is 0 Å². The molecule has 2 rings (SSSR count). The number of hydrogen-bond acceptors (Lipinski definition) is 3. The number of aromatic nitrogens is 1. The summed E-state index contributed by atoms with van der Waals surface area (Å²) < 4.78 is 7.49. The van der Waals surface area contributed by atoms with Crippen molar-refractivity contribution in [3.63, 3.8) is 0 Å². The Balaban J connectivity index is 1.90. The van der Waals surface area contributed by atoms with E-state index in [2.05, 4.69) is 48.1 Å².